The molecule has 1 aromatic carbocycles. The number of nitrogens with one attached hydrogen (secondary N) is 1. The van der Waals surface area contributed by atoms with Gasteiger partial charge in [0.15, 0.2) is 0 Å². The topological polar surface area (TPSA) is 102 Å². The van der Waals surface area contributed by atoms with Crippen LogP contribution in [0.1, 0.15) is 37.0 Å². The number of benzene rings is 1. The molecular weight excluding hydrogens is 418 g/mol. The van der Waals surface area contributed by atoms with Crippen LogP contribution in [0.2, 0.25) is 0 Å². The Labute approximate surface area is 184 Å². The summed E-state index contributed by atoms with van der Waals surface area (Å²) < 4.78 is 10.6. The van der Waals surface area contributed by atoms with Crippen LogP contribution < -0.4 is 10.1 Å². The van der Waals surface area contributed by atoms with Crippen LogP contribution in [0.3, 0.4) is 0 Å². The van der Waals surface area contributed by atoms with Crippen LogP contribution in [0.25, 0.3) is 11.1 Å². The normalized spacial score (nSPS) is 17.9. The minimum absolute atomic E-state index is 0.260. The van der Waals surface area contributed by atoms with Gasteiger partial charge in [0.1, 0.15) is 16.3 Å². The van der Waals surface area contributed by atoms with E-state index in [0.29, 0.717) is 29.2 Å². The minimum Gasteiger partial charge on any atom is -0.497 e. The van der Waals surface area contributed by atoms with E-state index in [9.17, 15) is 19.5 Å². The van der Waals surface area contributed by atoms with Gasteiger partial charge in [-0.2, -0.15) is 0 Å². The Kier molecular flexibility index (Phi) is 7.12. The van der Waals surface area contributed by atoms with Gasteiger partial charge >= 0.3 is 11.9 Å². The van der Waals surface area contributed by atoms with Crippen molar-refractivity contribution in [1.29, 1.82) is 0 Å². The Morgan fingerprint density at radius 1 is 1.10 bits per heavy atom. The van der Waals surface area contributed by atoms with Crippen molar-refractivity contribution in [3.05, 3.63) is 47.4 Å². The molecule has 1 amide bonds. The molecule has 1 aliphatic rings. The standard InChI is InChI=1S/C23H25NO6S/c1-13(2)30-23(28)19-18(14-8-10-15(29-3)11-9-14)12-31-21(19)24-20(25)16-6-4-5-7-17(16)22(26)27/h4-5,8-13,16-17H,6-7H2,1-3H3,(H,24,25)(H,26,27). The molecule has 2 aromatic rings. The number of carboxylic acids is 1. The van der Waals surface area contributed by atoms with E-state index >= 15 is 0 Å². The Morgan fingerprint density at radius 2 is 1.74 bits per heavy atom. The molecule has 164 valence electrons. The summed E-state index contributed by atoms with van der Waals surface area (Å²) in [5.74, 6) is -2.79. The second kappa shape index (κ2) is 9.78. The van der Waals surface area contributed by atoms with Gasteiger partial charge in [-0.05, 0) is 44.4 Å². The van der Waals surface area contributed by atoms with Crippen LogP contribution in [0.15, 0.2) is 41.8 Å². The first-order valence-electron chi connectivity index (χ1n) is 9.97. The Bertz CT molecular complexity index is 992. The maximum absolute atomic E-state index is 12.9. The summed E-state index contributed by atoms with van der Waals surface area (Å²) in [6.07, 6.45) is 3.90. The molecule has 7 nitrogen and oxygen atoms in total. The van der Waals surface area contributed by atoms with Crippen LogP contribution >= 0.6 is 11.3 Å². The third-order valence-electron chi connectivity index (χ3n) is 5.06. The van der Waals surface area contributed by atoms with E-state index < -0.39 is 29.7 Å². The molecule has 0 saturated heterocycles. The molecule has 2 atom stereocenters. The Morgan fingerprint density at radius 3 is 2.32 bits per heavy atom. The van der Waals surface area contributed by atoms with Gasteiger partial charge in [0.2, 0.25) is 5.91 Å². The monoisotopic (exact) mass is 443 g/mol. The average molecular weight is 444 g/mol. The molecule has 0 spiro atoms. The number of esters is 1. The molecule has 0 radical (unpaired) electrons. The van der Waals surface area contributed by atoms with Crippen molar-refractivity contribution >= 4 is 34.2 Å². The fourth-order valence-electron chi connectivity index (χ4n) is 3.49. The zero-order chi connectivity index (χ0) is 22.5. The molecule has 3 rings (SSSR count). The minimum atomic E-state index is -1.01. The number of carboxylic acid groups (broad SMARTS) is 1. The van der Waals surface area contributed by atoms with Crippen molar-refractivity contribution in [2.24, 2.45) is 11.8 Å². The average Bonchev–Trinajstić information content (AvgIpc) is 3.16. The molecule has 0 aliphatic heterocycles. The zero-order valence-electron chi connectivity index (χ0n) is 17.6. The highest BCUT2D eigenvalue weighted by Gasteiger charge is 2.35. The van der Waals surface area contributed by atoms with Crippen LogP contribution in [-0.2, 0) is 14.3 Å². The molecule has 2 unspecified atom stereocenters. The Balaban J connectivity index is 1.94. The highest BCUT2D eigenvalue weighted by molar-refractivity contribution is 7.15. The van der Waals surface area contributed by atoms with Gasteiger partial charge in [-0.25, -0.2) is 4.79 Å². The van der Waals surface area contributed by atoms with Crippen LogP contribution in [0, 0.1) is 11.8 Å². The lowest BCUT2D eigenvalue weighted by atomic mass is 9.82. The summed E-state index contributed by atoms with van der Waals surface area (Å²) in [6.45, 7) is 3.50. The lowest BCUT2D eigenvalue weighted by Gasteiger charge is -2.24. The van der Waals surface area contributed by atoms with Gasteiger partial charge in [0.25, 0.3) is 0 Å². The number of amides is 1. The van der Waals surface area contributed by atoms with Gasteiger partial charge in [-0.15, -0.1) is 11.3 Å². The molecule has 1 heterocycles. The lowest BCUT2D eigenvalue weighted by molar-refractivity contribution is -0.146. The number of rotatable bonds is 7. The third kappa shape index (κ3) is 5.14. The van der Waals surface area contributed by atoms with Crippen molar-refractivity contribution in [2.45, 2.75) is 32.8 Å². The number of allylic oxidation sites excluding steroid dienone is 2. The first-order chi connectivity index (χ1) is 14.8. The molecule has 31 heavy (non-hydrogen) atoms. The molecule has 0 bridgehead atoms. The smallest absolute Gasteiger partial charge is 0.342 e. The van der Waals surface area contributed by atoms with Gasteiger partial charge in [0, 0.05) is 10.9 Å². The number of thiophene rings is 1. The summed E-state index contributed by atoms with van der Waals surface area (Å²) in [6, 6.07) is 7.22. The number of ether oxygens (including phenoxy) is 2. The summed E-state index contributed by atoms with van der Waals surface area (Å²) in [5.41, 5.74) is 1.67. The highest BCUT2D eigenvalue weighted by atomic mass is 32.1. The van der Waals surface area contributed by atoms with Crippen molar-refractivity contribution in [2.75, 3.05) is 12.4 Å². The SMILES string of the molecule is COc1ccc(-c2csc(NC(=O)C3CC=CCC3C(=O)O)c2C(=O)OC(C)C)cc1. The lowest BCUT2D eigenvalue weighted by Crippen LogP contribution is -2.34. The summed E-state index contributed by atoms with van der Waals surface area (Å²) in [5, 5.41) is 14.4. The van der Waals surface area contributed by atoms with E-state index in [1.54, 1.807) is 44.5 Å². The molecule has 0 fully saturated rings. The maximum Gasteiger partial charge on any atom is 0.342 e. The van der Waals surface area contributed by atoms with Crippen molar-refractivity contribution in [3.63, 3.8) is 0 Å². The second-order valence-corrected chi connectivity index (χ2v) is 8.40. The number of carbonyl (C=O) groups excluding carboxylic acids is 2. The van der Waals surface area contributed by atoms with E-state index in [1.807, 2.05) is 18.2 Å². The largest absolute Gasteiger partial charge is 0.497 e. The number of methoxy groups -OCH3 is 1. The van der Waals surface area contributed by atoms with Gasteiger partial charge in [0.05, 0.1) is 25.0 Å². The predicted octanol–water partition coefficient (Wildman–Crippen LogP) is 4.59. The number of carbonyl (C=O) groups is 3. The van der Waals surface area contributed by atoms with Crippen molar-refractivity contribution < 1.29 is 29.0 Å². The van der Waals surface area contributed by atoms with Crippen LogP contribution in [0.5, 0.6) is 5.75 Å². The molecule has 8 heteroatoms. The molecule has 2 N–H and O–H groups in total. The highest BCUT2D eigenvalue weighted by Crippen LogP contribution is 2.38. The van der Waals surface area contributed by atoms with E-state index in [-0.39, 0.29) is 11.7 Å². The molecule has 1 aliphatic carbocycles. The number of aliphatic carboxylic acids is 1. The number of hydrogen-bond acceptors (Lipinski definition) is 6. The first kappa shape index (κ1) is 22.6. The molecule has 0 saturated carbocycles. The zero-order valence-corrected chi connectivity index (χ0v) is 18.4. The fourth-order valence-corrected chi connectivity index (χ4v) is 4.45. The van der Waals surface area contributed by atoms with Crippen molar-refractivity contribution in [1.82, 2.24) is 0 Å². The quantitative estimate of drug-likeness (QED) is 0.479. The first-order valence-corrected chi connectivity index (χ1v) is 10.8. The van der Waals surface area contributed by atoms with Gasteiger partial charge < -0.3 is 19.9 Å². The van der Waals surface area contributed by atoms with Crippen LogP contribution in [0.4, 0.5) is 5.00 Å². The maximum atomic E-state index is 12.9. The predicted molar refractivity (Wildman–Crippen MR) is 118 cm³/mol. The fraction of sp³-hybridized carbons (Fsp3) is 0.348. The molecule has 1 aromatic heterocycles. The number of anilines is 1. The van der Waals surface area contributed by atoms with E-state index in [0.717, 1.165) is 5.56 Å². The third-order valence-corrected chi connectivity index (χ3v) is 5.96. The van der Waals surface area contributed by atoms with E-state index in [2.05, 4.69) is 5.32 Å². The van der Waals surface area contributed by atoms with Gasteiger partial charge in [-0.3, -0.25) is 9.59 Å². The summed E-state index contributed by atoms with van der Waals surface area (Å²) in [7, 11) is 1.57. The number of hydrogen-bond donors (Lipinski definition) is 2. The molecular formula is C23H25NO6S. The van der Waals surface area contributed by atoms with E-state index in [1.165, 1.54) is 11.3 Å². The van der Waals surface area contributed by atoms with Gasteiger partial charge in [-0.1, -0.05) is 24.3 Å². The second-order valence-electron chi connectivity index (χ2n) is 7.52. The Hall–Kier alpha value is -3.13. The summed E-state index contributed by atoms with van der Waals surface area (Å²) in [4.78, 5) is 37.4. The summed E-state index contributed by atoms with van der Waals surface area (Å²) >= 11 is 1.21. The van der Waals surface area contributed by atoms with Crippen LogP contribution in [-0.4, -0.2) is 36.2 Å². The van der Waals surface area contributed by atoms with Crippen molar-refractivity contribution in [3.8, 4) is 16.9 Å². The van der Waals surface area contributed by atoms with E-state index in [4.69, 9.17) is 9.47 Å².